The molecule has 1 heterocycles. The molecule has 0 aliphatic rings. The van der Waals surface area contributed by atoms with Crippen LogP contribution in [0.5, 0.6) is 0 Å². The minimum Gasteiger partial charge on any atom is -0.329 e. The van der Waals surface area contributed by atoms with Crippen LogP contribution in [0, 0.1) is 0 Å². The number of nitrogens with zero attached hydrogens (tertiary/aromatic N) is 2. The molecule has 0 unspecified atom stereocenters. The molecule has 5 heteroatoms. The second kappa shape index (κ2) is 6.86. The summed E-state index contributed by atoms with van der Waals surface area (Å²) in [4.78, 5) is 23.7. The Labute approximate surface area is 117 Å². The Morgan fingerprint density at radius 3 is 2.45 bits per heavy atom. The van der Waals surface area contributed by atoms with E-state index in [1.807, 2.05) is 18.2 Å². The van der Waals surface area contributed by atoms with E-state index in [0.717, 1.165) is 12.8 Å². The Morgan fingerprint density at radius 2 is 1.75 bits per heavy atom. The van der Waals surface area contributed by atoms with Crippen molar-refractivity contribution in [1.29, 1.82) is 0 Å². The third-order valence-corrected chi connectivity index (χ3v) is 3.20. The first-order valence-corrected chi connectivity index (χ1v) is 6.76. The Hall–Kier alpha value is -2.14. The highest BCUT2D eigenvalue weighted by molar-refractivity contribution is 5.14. The molecule has 2 N–H and O–H groups in total. The van der Waals surface area contributed by atoms with Crippen LogP contribution < -0.4 is 17.0 Å². The Balaban J connectivity index is 2.05. The van der Waals surface area contributed by atoms with E-state index in [2.05, 4.69) is 12.1 Å². The molecule has 0 spiro atoms. The molecule has 106 valence electrons. The minimum absolute atomic E-state index is 0.261. The summed E-state index contributed by atoms with van der Waals surface area (Å²) in [5.41, 5.74) is 6.09. The quantitative estimate of drug-likeness (QED) is 0.838. The number of aromatic nitrogens is 2. The van der Waals surface area contributed by atoms with Crippen molar-refractivity contribution in [2.45, 2.75) is 25.9 Å². The summed E-state index contributed by atoms with van der Waals surface area (Å²) >= 11 is 0. The Morgan fingerprint density at radius 1 is 1.00 bits per heavy atom. The second-order valence-corrected chi connectivity index (χ2v) is 4.66. The van der Waals surface area contributed by atoms with Gasteiger partial charge >= 0.3 is 5.69 Å². The van der Waals surface area contributed by atoms with Crippen molar-refractivity contribution in [1.82, 2.24) is 9.13 Å². The zero-order chi connectivity index (χ0) is 14.4. The fourth-order valence-electron chi connectivity index (χ4n) is 2.16. The molecular formula is C15H19N3O2. The lowest BCUT2D eigenvalue weighted by Gasteiger charge is -2.09. The maximum absolute atomic E-state index is 12.1. The van der Waals surface area contributed by atoms with Gasteiger partial charge in [-0.1, -0.05) is 30.3 Å². The van der Waals surface area contributed by atoms with Crippen molar-refractivity contribution < 1.29 is 0 Å². The van der Waals surface area contributed by atoms with E-state index < -0.39 is 0 Å². The third-order valence-electron chi connectivity index (χ3n) is 3.20. The average Bonchev–Trinajstić information content (AvgIpc) is 2.47. The van der Waals surface area contributed by atoms with Gasteiger partial charge in [0.05, 0.1) is 0 Å². The Kier molecular flexibility index (Phi) is 4.90. The van der Waals surface area contributed by atoms with E-state index in [0.29, 0.717) is 6.54 Å². The van der Waals surface area contributed by atoms with Crippen LogP contribution in [0.25, 0.3) is 0 Å². The van der Waals surface area contributed by atoms with Crippen molar-refractivity contribution in [3.05, 3.63) is 69.0 Å². The van der Waals surface area contributed by atoms with Crippen molar-refractivity contribution in [2.24, 2.45) is 5.73 Å². The lowest BCUT2D eigenvalue weighted by molar-refractivity contribution is 0.539. The highest BCUT2D eigenvalue weighted by Crippen LogP contribution is 2.02. The molecular weight excluding hydrogens is 254 g/mol. The summed E-state index contributed by atoms with van der Waals surface area (Å²) in [5, 5.41) is 0. The lowest BCUT2D eigenvalue weighted by atomic mass is 10.1. The van der Waals surface area contributed by atoms with Gasteiger partial charge in [0.1, 0.15) is 0 Å². The topological polar surface area (TPSA) is 70.0 Å². The molecule has 2 aromatic rings. The average molecular weight is 273 g/mol. The molecule has 5 nitrogen and oxygen atoms in total. The summed E-state index contributed by atoms with van der Waals surface area (Å²) in [5.74, 6) is 0. The molecule has 2 rings (SSSR count). The van der Waals surface area contributed by atoms with Gasteiger partial charge in [-0.05, 0) is 18.4 Å². The molecule has 0 aliphatic carbocycles. The van der Waals surface area contributed by atoms with Gasteiger partial charge < -0.3 is 10.3 Å². The standard InChI is InChI=1S/C15H19N3O2/c16-9-12-18-14(19)8-11-17(15(18)20)10-4-7-13-5-2-1-3-6-13/h1-3,5-6,8,11H,4,7,9-10,12,16H2. The van der Waals surface area contributed by atoms with Crippen LogP contribution in [0.1, 0.15) is 12.0 Å². The van der Waals surface area contributed by atoms with E-state index in [1.54, 1.807) is 10.8 Å². The molecule has 0 fully saturated rings. The number of nitrogens with two attached hydrogens (primary N) is 1. The van der Waals surface area contributed by atoms with Gasteiger partial charge in [0.25, 0.3) is 5.56 Å². The molecule has 0 saturated heterocycles. The molecule has 0 saturated carbocycles. The van der Waals surface area contributed by atoms with Crippen LogP contribution in [0.4, 0.5) is 0 Å². The Bertz CT molecular complexity index is 659. The highest BCUT2D eigenvalue weighted by atomic mass is 16.2. The summed E-state index contributed by atoms with van der Waals surface area (Å²) in [6.45, 7) is 1.14. The lowest BCUT2D eigenvalue weighted by Crippen LogP contribution is -2.40. The largest absolute Gasteiger partial charge is 0.331 e. The predicted octanol–water partition coefficient (Wildman–Crippen LogP) is 0.601. The van der Waals surface area contributed by atoms with Gasteiger partial charge in [0.2, 0.25) is 0 Å². The van der Waals surface area contributed by atoms with E-state index in [4.69, 9.17) is 5.73 Å². The van der Waals surface area contributed by atoms with Crippen LogP contribution >= 0.6 is 0 Å². The summed E-state index contributed by atoms with van der Waals surface area (Å²) in [7, 11) is 0. The SMILES string of the molecule is NCCn1c(=O)ccn(CCCc2ccccc2)c1=O. The summed E-state index contributed by atoms with van der Waals surface area (Å²) in [6, 6.07) is 11.5. The third kappa shape index (κ3) is 3.45. The maximum Gasteiger partial charge on any atom is 0.331 e. The van der Waals surface area contributed by atoms with Gasteiger partial charge in [-0.25, -0.2) is 4.79 Å². The van der Waals surface area contributed by atoms with E-state index in [1.165, 1.54) is 16.2 Å². The zero-order valence-corrected chi connectivity index (χ0v) is 11.4. The first kappa shape index (κ1) is 14.3. The van der Waals surface area contributed by atoms with Crippen molar-refractivity contribution in [3.63, 3.8) is 0 Å². The minimum atomic E-state index is -0.292. The number of benzene rings is 1. The van der Waals surface area contributed by atoms with Crippen LogP contribution in [0.15, 0.2) is 52.2 Å². The molecule has 0 aliphatic heterocycles. The van der Waals surface area contributed by atoms with Gasteiger partial charge in [-0.2, -0.15) is 0 Å². The summed E-state index contributed by atoms with van der Waals surface area (Å²) < 4.78 is 2.75. The number of hydrogen-bond donors (Lipinski definition) is 1. The monoisotopic (exact) mass is 273 g/mol. The maximum atomic E-state index is 12.1. The van der Waals surface area contributed by atoms with Crippen molar-refractivity contribution >= 4 is 0 Å². The molecule has 0 atom stereocenters. The van der Waals surface area contributed by atoms with Crippen LogP contribution in [0.3, 0.4) is 0 Å². The second-order valence-electron chi connectivity index (χ2n) is 4.66. The molecule has 0 bridgehead atoms. The normalized spacial score (nSPS) is 10.7. The number of hydrogen-bond acceptors (Lipinski definition) is 3. The fraction of sp³-hybridized carbons (Fsp3) is 0.333. The highest BCUT2D eigenvalue weighted by Gasteiger charge is 2.04. The number of rotatable bonds is 6. The zero-order valence-electron chi connectivity index (χ0n) is 11.4. The molecule has 0 amide bonds. The molecule has 1 aromatic heterocycles. The smallest absolute Gasteiger partial charge is 0.329 e. The van der Waals surface area contributed by atoms with Crippen LogP contribution in [0.2, 0.25) is 0 Å². The van der Waals surface area contributed by atoms with Crippen molar-refractivity contribution in [2.75, 3.05) is 6.54 Å². The van der Waals surface area contributed by atoms with Gasteiger partial charge in [0, 0.05) is 31.9 Å². The fourth-order valence-corrected chi connectivity index (χ4v) is 2.16. The molecule has 0 radical (unpaired) electrons. The predicted molar refractivity (Wildman–Crippen MR) is 78.8 cm³/mol. The van der Waals surface area contributed by atoms with Gasteiger partial charge in [0.15, 0.2) is 0 Å². The number of aryl methyl sites for hydroxylation is 2. The summed E-state index contributed by atoms with van der Waals surface area (Å²) in [6.07, 6.45) is 3.32. The van der Waals surface area contributed by atoms with E-state index in [9.17, 15) is 9.59 Å². The molecule has 1 aromatic carbocycles. The van der Waals surface area contributed by atoms with Crippen LogP contribution in [-0.4, -0.2) is 15.7 Å². The van der Waals surface area contributed by atoms with Crippen LogP contribution in [-0.2, 0) is 19.5 Å². The van der Waals surface area contributed by atoms with Gasteiger partial charge in [-0.3, -0.25) is 9.36 Å². The van der Waals surface area contributed by atoms with Gasteiger partial charge in [-0.15, -0.1) is 0 Å². The first-order valence-electron chi connectivity index (χ1n) is 6.76. The van der Waals surface area contributed by atoms with Crippen molar-refractivity contribution in [3.8, 4) is 0 Å². The van der Waals surface area contributed by atoms with E-state index in [-0.39, 0.29) is 24.3 Å². The first-order chi connectivity index (χ1) is 9.72. The molecule has 20 heavy (non-hydrogen) atoms. The van der Waals surface area contributed by atoms with E-state index >= 15 is 0 Å².